The molecule has 1 unspecified atom stereocenters. The van der Waals surface area contributed by atoms with Crippen LogP contribution in [-0.2, 0) is 28.7 Å². The number of benzene rings is 2. The Balaban J connectivity index is 1.83. The van der Waals surface area contributed by atoms with Crippen LogP contribution in [0, 0.1) is 0 Å². The molecule has 0 fully saturated rings. The lowest BCUT2D eigenvalue weighted by molar-refractivity contribution is -0.167. The molecule has 1 aliphatic rings. The fourth-order valence-corrected chi connectivity index (χ4v) is 4.79. The Labute approximate surface area is 252 Å². The summed E-state index contributed by atoms with van der Waals surface area (Å²) in [5.74, 6) is -1.82. The second-order valence-corrected chi connectivity index (χ2v) is 11.3. The summed E-state index contributed by atoms with van der Waals surface area (Å²) in [7, 11) is 0. The first-order valence-corrected chi connectivity index (χ1v) is 14.1. The zero-order valence-corrected chi connectivity index (χ0v) is 25.2. The van der Waals surface area contributed by atoms with E-state index in [0.29, 0.717) is 12.6 Å². The van der Waals surface area contributed by atoms with Gasteiger partial charge in [-0.25, -0.2) is 9.59 Å². The topological polar surface area (TPSA) is 143 Å². The molecule has 1 aliphatic carbocycles. The van der Waals surface area contributed by atoms with Gasteiger partial charge in [-0.3, -0.25) is 20.7 Å². The maximum Gasteiger partial charge on any atom is 0.408 e. The first-order valence-electron chi connectivity index (χ1n) is 14.1. The number of hydrogen-bond donors (Lipinski definition) is 3. The van der Waals surface area contributed by atoms with Crippen LogP contribution in [0.5, 0.6) is 0 Å². The second-order valence-electron chi connectivity index (χ2n) is 11.3. The van der Waals surface area contributed by atoms with Crippen LogP contribution in [0.2, 0.25) is 0 Å². The Morgan fingerprint density at radius 1 is 0.930 bits per heavy atom. The van der Waals surface area contributed by atoms with E-state index in [1.54, 1.807) is 20.8 Å². The number of carbonyl (C=O) groups is 5. The summed E-state index contributed by atoms with van der Waals surface area (Å²) in [6.45, 7) is 11.5. The fraction of sp³-hybridized carbons (Fsp3) is 0.406. The summed E-state index contributed by atoms with van der Waals surface area (Å²) in [6, 6.07) is 14.1. The van der Waals surface area contributed by atoms with Crippen LogP contribution >= 0.6 is 0 Å². The van der Waals surface area contributed by atoms with E-state index >= 15 is 0 Å². The average molecular weight is 593 g/mol. The van der Waals surface area contributed by atoms with E-state index in [2.05, 4.69) is 22.5 Å². The minimum atomic E-state index is -1.48. The van der Waals surface area contributed by atoms with Crippen molar-refractivity contribution in [2.75, 3.05) is 13.2 Å². The van der Waals surface area contributed by atoms with Crippen molar-refractivity contribution >= 4 is 30.5 Å². The molecule has 3 rings (SSSR count). The summed E-state index contributed by atoms with van der Waals surface area (Å²) in [4.78, 5) is 64.2. The maximum absolute atomic E-state index is 13.9. The minimum Gasteiger partial charge on any atom is -0.457 e. The number of nitrogens with zero attached hydrogens (tertiary/aromatic N) is 1. The molecule has 2 aromatic carbocycles. The van der Waals surface area contributed by atoms with Gasteiger partial charge in [0.15, 0.2) is 12.3 Å². The van der Waals surface area contributed by atoms with Crippen LogP contribution < -0.4 is 16.0 Å². The molecule has 0 heterocycles. The molecule has 2 amide bonds. The number of aldehydes is 2. The predicted octanol–water partition coefficient (Wildman–Crippen LogP) is 2.89. The van der Waals surface area contributed by atoms with Gasteiger partial charge in [-0.15, -0.1) is 6.58 Å². The number of esters is 1. The Morgan fingerprint density at radius 2 is 1.47 bits per heavy atom. The Kier molecular flexibility index (Phi) is 11.3. The Hall–Kier alpha value is -4.35. The molecular formula is C32H40N4O7. The van der Waals surface area contributed by atoms with Crippen molar-refractivity contribution in [1.29, 1.82) is 0 Å². The number of fused-ring (bicyclic) bond motifs is 3. The monoisotopic (exact) mass is 592 g/mol. The van der Waals surface area contributed by atoms with Gasteiger partial charge in [-0.1, -0.05) is 54.6 Å². The van der Waals surface area contributed by atoms with Gasteiger partial charge in [0.2, 0.25) is 0 Å². The molecule has 0 saturated carbocycles. The van der Waals surface area contributed by atoms with Crippen molar-refractivity contribution < 1.29 is 33.4 Å². The number of carbonyl (C=O) groups excluding carboxylic acids is 5. The number of hydrogen-bond acceptors (Lipinski definition) is 9. The van der Waals surface area contributed by atoms with E-state index in [1.807, 2.05) is 48.5 Å². The van der Waals surface area contributed by atoms with E-state index < -0.39 is 48.0 Å². The number of rotatable bonds is 14. The molecule has 0 aliphatic heterocycles. The van der Waals surface area contributed by atoms with Crippen molar-refractivity contribution in [3.63, 3.8) is 0 Å². The highest BCUT2D eigenvalue weighted by Crippen LogP contribution is 2.44. The molecule has 0 spiro atoms. The van der Waals surface area contributed by atoms with Crippen molar-refractivity contribution in [2.45, 2.75) is 70.6 Å². The second kappa shape index (κ2) is 14.7. The first kappa shape index (κ1) is 33.2. The summed E-state index contributed by atoms with van der Waals surface area (Å²) in [6.07, 6.45) is -1.27. The molecule has 230 valence electrons. The van der Waals surface area contributed by atoms with Crippen LogP contribution in [0.1, 0.15) is 51.7 Å². The lowest BCUT2D eigenvalue weighted by Gasteiger charge is -2.35. The number of ether oxygens (including phenoxy) is 2. The predicted molar refractivity (Wildman–Crippen MR) is 161 cm³/mol. The molecule has 0 radical (unpaired) electrons. The molecule has 3 N–H and O–H groups in total. The molecule has 2 aromatic rings. The van der Waals surface area contributed by atoms with Crippen LogP contribution in [0.25, 0.3) is 11.1 Å². The zero-order valence-electron chi connectivity index (χ0n) is 25.2. The largest absolute Gasteiger partial charge is 0.457 e. The van der Waals surface area contributed by atoms with Crippen molar-refractivity contribution in [3.8, 4) is 11.1 Å². The van der Waals surface area contributed by atoms with Gasteiger partial charge in [0.25, 0.3) is 5.91 Å². The molecule has 0 bridgehead atoms. The van der Waals surface area contributed by atoms with E-state index in [9.17, 15) is 24.0 Å². The number of alkyl carbamates (subject to hydrolysis) is 1. The molecule has 4 atom stereocenters. The highest BCUT2D eigenvalue weighted by molar-refractivity contribution is 5.90. The zero-order chi connectivity index (χ0) is 31.7. The molecule has 0 aromatic heterocycles. The molecule has 43 heavy (non-hydrogen) atoms. The third kappa shape index (κ3) is 8.59. The number of amides is 2. The van der Waals surface area contributed by atoms with Gasteiger partial charge < -0.3 is 24.0 Å². The standard InChI is InChI=1S/C32H40N4O7/c1-7-16-36(28(34-21(3)18-38)30(40)43-32(4,5)6)29(39)27(33-20(2)17-37)35-31(41)42-19-26-24-14-10-8-12-22(24)23-13-9-11-15-25(23)26/h7-15,17-18,20-21,26-28,33-34H,1,16,19H2,2-6H3,(H,35,41)/t20-,21-,27?,28+/m0/s1. The molecule has 11 heteroatoms. The smallest absolute Gasteiger partial charge is 0.408 e. The van der Waals surface area contributed by atoms with Gasteiger partial charge in [-0.2, -0.15) is 0 Å². The van der Waals surface area contributed by atoms with Gasteiger partial charge in [0.05, 0.1) is 12.1 Å². The van der Waals surface area contributed by atoms with Crippen molar-refractivity contribution in [3.05, 3.63) is 72.3 Å². The quantitative estimate of drug-likeness (QED) is 0.131. The van der Waals surface area contributed by atoms with E-state index in [0.717, 1.165) is 27.2 Å². The van der Waals surface area contributed by atoms with Crippen LogP contribution in [-0.4, -0.2) is 78.6 Å². The van der Waals surface area contributed by atoms with Crippen molar-refractivity contribution in [1.82, 2.24) is 20.9 Å². The van der Waals surface area contributed by atoms with Gasteiger partial charge in [-0.05, 0) is 56.9 Å². The van der Waals surface area contributed by atoms with Crippen LogP contribution in [0.15, 0.2) is 61.2 Å². The maximum atomic E-state index is 13.9. The van der Waals surface area contributed by atoms with E-state index in [4.69, 9.17) is 9.47 Å². The highest BCUT2D eigenvalue weighted by Gasteiger charge is 2.38. The fourth-order valence-electron chi connectivity index (χ4n) is 4.79. The summed E-state index contributed by atoms with van der Waals surface area (Å²) >= 11 is 0. The normalized spacial score (nSPS) is 15.1. The highest BCUT2D eigenvalue weighted by atomic mass is 16.6. The molecular weight excluding hydrogens is 552 g/mol. The third-order valence-electron chi connectivity index (χ3n) is 6.66. The first-order chi connectivity index (χ1) is 20.4. The van der Waals surface area contributed by atoms with Gasteiger partial charge in [0, 0.05) is 12.5 Å². The lowest BCUT2D eigenvalue weighted by Crippen LogP contribution is -2.64. The number of nitrogens with one attached hydrogen (secondary N) is 3. The Morgan fingerprint density at radius 3 is 1.98 bits per heavy atom. The molecule has 0 saturated heterocycles. The van der Waals surface area contributed by atoms with E-state index in [-0.39, 0.29) is 19.1 Å². The van der Waals surface area contributed by atoms with Crippen molar-refractivity contribution in [2.24, 2.45) is 0 Å². The van der Waals surface area contributed by atoms with Gasteiger partial charge >= 0.3 is 12.1 Å². The third-order valence-corrected chi connectivity index (χ3v) is 6.66. The molecule has 11 nitrogen and oxygen atoms in total. The average Bonchev–Trinajstić information content (AvgIpc) is 3.29. The Bertz CT molecular complexity index is 1290. The SMILES string of the molecule is C=CCN(C(=O)C(NC(=O)OCC1c2ccccc2-c2ccccc21)N[C@@H](C)C=O)[C@@H](N[C@@H](C)C=O)C(=O)OC(C)(C)C. The van der Waals surface area contributed by atoms with Gasteiger partial charge in [0.1, 0.15) is 24.8 Å². The summed E-state index contributed by atoms with van der Waals surface area (Å²) in [5, 5.41) is 8.03. The minimum absolute atomic E-state index is 0.000679. The van der Waals surface area contributed by atoms with Crippen LogP contribution in [0.4, 0.5) is 4.79 Å². The summed E-state index contributed by atoms with van der Waals surface area (Å²) in [5.41, 5.74) is 3.26. The summed E-state index contributed by atoms with van der Waals surface area (Å²) < 4.78 is 11.1. The van der Waals surface area contributed by atoms with Crippen LogP contribution in [0.3, 0.4) is 0 Å². The van der Waals surface area contributed by atoms with E-state index in [1.165, 1.54) is 19.9 Å². The lowest BCUT2D eigenvalue weighted by atomic mass is 9.98.